The maximum atomic E-state index is 12.4. The molecule has 156 valence electrons. The first-order chi connectivity index (χ1) is 13.2. The molecular weight excluding hydrogens is 356 g/mol. The Morgan fingerprint density at radius 3 is 2.04 bits per heavy atom. The number of carbonyl (C=O) groups is 2. The van der Waals surface area contributed by atoms with Crippen LogP contribution in [0.4, 0.5) is 0 Å². The summed E-state index contributed by atoms with van der Waals surface area (Å²) >= 11 is 0. The van der Waals surface area contributed by atoms with Crippen molar-refractivity contribution in [3.05, 3.63) is 29.8 Å². The zero-order valence-corrected chi connectivity index (χ0v) is 17.9. The Morgan fingerprint density at radius 1 is 0.929 bits per heavy atom. The molecule has 1 aliphatic rings. The van der Waals surface area contributed by atoms with Crippen LogP contribution >= 0.6 is 0 Å². The number of ether oxygens (including phenoxy) is 3. The highest BCUT2D eigenvalue weighted by molar-refractivity contribution is 5.98. The highest BCUT2D eigenvalue weighted by atomic mass is 16.7. The van der Waals surface area contributed by atoms with E-state index in [1.165, 1.54) is 32.1 Å². The third kappa shape index (κ3) is 5.73. The summed E-state index contributed by atoms with van der Waals surface area (Å²) < 4.78 is 16.4. The number of unbranched alkanes of at least 4 members (excludes halogenated alkanes) is 5. The van der Waals surface area contributed by atoms with Crippen LogP contribution in [0.1, 0.15) is 78.7 Å². The van der Waals surface area contributed by atoms with Gasteiger partial charge < -0.3 is 14.2 Å². The number of esters is 2. The molecule has 0 saturated carbocycles. The van der Waals surface area contributed by atoms with E-state index in [-0.39, 0.29) is 0 Å². The quantitative estimate of drug-likeness (QED) is 0.314. The van der Waals surface area contributed by atoms with Crippen molar-refractivity contribution in [1.82, 2.24) is 0 Å². The first-order valence-corrected chi connectivity index (χ1v) is 10.4. The number of rotatable bonds is 10. The van der Waals surface area contributed by atoms with Crippen LogP contribution < -0.4 is 4.74 Å². The van der Waals surface area contributed by atoms with Gasteiger partial charge in [0, 0.05) is 19.3 Å². The molecular formula is C23H34O5. The lowest BCUT2D eigenvalue weighted by atomic mass is 9.73. The van der Waals surface area contributed by atoms with Gasteiger partial charge in [-0.25, -0.2) is 0 Å². The molecule has 1 fully saturated rings. The topological polar surface area (TPSA) is 61.8 Å². The fourth-order valence-corrected chi connectivity index (χ4v) is 3.53. The van der Waals surface area contributed by atoms with Crippen molar-refractivity contribution in [3.63, 3.8) is 0 Å². The molecule has 0 amide bonds. The minimum absolute atomic E-state index is 0.547. The summed E-state index contributed by atoms with van der Waals surface area (Å²) in [6.45, 7) is 9.74. The van der Waals surface area contributed by atoms with Crippen LogP contribution in [0.25, 0.3) is 0 Å². The number of carbonyl (C=O) groups excluding carboxylic acids is 2. The van der Waals surface area contributed by atoms with Gasteiger partial charge in [0.15, 0.2) is 5.92 Å². The van der Waals surface area contributed by atoms with Crippen LogP contribution in [0.15, 0.2) is 24.3 Å². The summed E-state index contributed by atoms with van der Waals surface area (Å²) in [5.74, 6) is -2.50. The van der Waals surface area contributed by atoms with Crippen LogP contribution in [-0.2, 0) is 24.5 Å². The average Bonchev–Trinajstić information content (AvgIpc) is 2.59. The van der Waals surface area contributed by atoms with Crippen LogP contribution in [0.2, 0.25) is 0 Å². The number of cyclic esters (lactones) is 2. The molecule has 28 heavy (non-hydrogen) atoms. The second-order valence-corrected chi connectivity index (χ2v) is 8.54. The van der Waals surface area contributed by atoms with Crippen molar-refractivity contribution >= 4 is 11.9 Å². The molecule has 0 unspecified atom stereocenters. The summed E-state index contributed by atoms with van der Waals surface area (Å²) in [7, 11) is 0. The second kappa shape index (κ2) is 9.44. The molecule has 0 N–H and O–H groups in total. The Kier molecular flexibility index (Phi) is 7.50. The average molecular weight is 391 g/mol. The maximum Gasteiger partial charge on any atom is 0.324 e. The molecule has 0 spiro atoms. The highest BCUT2D eigenvalue weighted by Crippen LogP contribution is 2.38. The normalized spacial score (nSPS) is 17.2. The summed E-state index contributed by atoms with van der Waals surface area (Å²) in [5, 5.41) is 0. The highest BCUT2D eigenvalue weighted by Gasteiger charge is 2.51. The molecule has 0 aromatic heterocycles. The van der Waals surface area contributed by atoms with Gasteiger partial charge in [0.2, 0.25) is 0 Å². The van der Waals surface area contributed by atoms with Crippen molar-refractivity contribution < 1.29 is 23.8 Å². The van der Waals surface area contributed by atoms with Gasteiger partial charge in [0.1, 0.15) is 5.75 Å². The molecule has 0 radical (unpaired) electrons. The zero-order chi connectivity index (χ0) is 20.8. The third-order valence-electron chi connectivity index (χ3n) is 5.25. The van der Waals surface area contributed by atoms with Crippen molar-refractivity contribution in [2.75, 3.05) is 6.61 Å². The van der Waals surface area contributed by atoms with E-state index in [2.05, 4.69) is 6.92 Å². The molecule has 1 saturated heterocycles. The van der Waals surface area contributed by atoms with E-state index >= 15 is 0 Å². The zero-order valence-electron chi connectivity index (χ0n) is 17.9. The van der Waals surface area contributed by atoms with Crippen molar-refractivity contribution in [2.45, 2.75) is 84.3 Å². The Hall–Kier alpha value is -2.04. The molecule has 0 bridgehead atoms. The van der Waals surface area contributed by atoms with Gasteiger partial charge in [-0.15, -0.1) is 0 Å². The lowest BCUT2D eigenvalue weighted by molar-refractivity contribution is -0.243. The maximum absolute atomic E-state index is 12.4. The molecule has 1 heterocycles. The van der Waals surface area contributed by atoms with Gasteiger partial charge in [0.05, 0.1) is 6.61 Å². The molecule has 1 aromatic carbocycles. The first kappa shape index (κ1) is 22.3. The largest absolute Gasteiger partial charge is 0.494 e. The van der Waals surface area contributed by atoms with E-state index in [0.717, 1.165) is 17.7 Å². The summed E-state index contributed by atoms with van der Waals surface area (Å²) in [6, 6.07) is 7.57. The number of hydrogen-bond donors (Lipinski definition) is 0. The molecule has 0 atom stereocenters. The standard InChI is InChI=1S/C23H34O5/c1-6-7-8-9-10-11-16-26-18-14-12-17(13-15-18)22(2,3)19-20(24)27-23(4,5)28-21(19)25/h12-15,19H,6-11,16H2,1-5H3. The fourth-order valence-electron chi connectivity index (χ4n) is 3.53. The predicted molar refractivity (Wildman–Crippen MR) is 108 cm³/mol. The van der Waals surface area contributed by atoms with E-state index in [1.54, 1.807) is 13.8 Å². The van der Waals surface area contributed by atoms with E-state index in [1.807, 2.05) is 38.1 Å². The summed E-state index contributed by atoms with van der Waals surface area (Å²) in [5.41, 5.74) is 0.112. The molecule has 2 rings (SSSR count). The smallest absolute Gasteiger partial charge is 0.324 e. The van der Waals surface area contributed by atoms with Gasteiger partial charge >= 0.3 is 11.9 Å². The van der Waals surface area contributed by atoms with E-state index in [4.69, 9.17) is 14.2 Å². The monoisotopic (exact) mass is 390 g/mol. The van der Waals surface area contributed by atoms with E-state index in [9.17, 15) is 9.59 Å². The van der Waals surface area contributed by atoms with Crippen LogP contribution in [0.3, 0.4) is 0 Å². The molecule has 1 aromatic rings. The van der Waals surface area contributed by atoms with Crippen molar-refractivity contribution in [1.29, 1.82) is 0 Å². The SMILES string of the molecule is CCCCCCCCOc1ccc(C(C)(C)C2C(=O)OC(C)(C)OC2=O)cc1. The van der Waals surface area contributed by atoms with Gasteiger partial charge in [-0.1, -0.05) is 65.0 Å². The lowest BCUT2D eigenvalue weighted by Crippen LogP contribution is -2.52. The number of hydrogen-bond acceptors (Lipinski definition) is 5. The summed E-state index contributed by atoms with van der Waals surface area (Å²) in [4.78, 5) is 24.9. The van der Waals surface area contributed by atoms with Crippen molar-refractivity contribution in [3.8, 4) is 5.75 Å². The van der Waals surface area contributed by atoms with Gasteiger partial charge in [-0.05, 0) is 24.1 Å². The summed E-state index contributed by atoms with van der Waals surface area (Å²) in [6.07, 6.45) is 7.35. The van der Waals surface area contributed by atoms with Crippen LogP contribution in [0.5, 0.6) is 5.75 Å². The van der Waals surface area contributed by atoms with Gasteiger partial charge in [0.25, 0.3) is 5.79 Å². The van der Waals surface area contributed by atoms with Gasteiger partial charge in [-0.2, -0.15) is 0 Å². The predicted octanol–water partition coefficient (Wildman–Crippen LogP) is 5.16. The Bertz CT molecular complexity index is 640. The van der Waals surface area contributed by atoms with Gasteiger partial charge in [-0.3, -0.25) is 9.59 Å². The van der Waals surface area contributed by atoms with E-state index < -0.39 is 29.1 Å². The Balaban J connectivity index is 1.92. The Labute approximate surface area is 168 Å². The lowest BCUT2D eigenvalue weighted by Gasteiger charge is -2.39. The van der Waals surface area contributed by atoms with Crippen LogP contribution in [-0.4, -0.2) is 24.3 Å². The molecule has 0 aliphatic carbocycles. The van der Waals surface area contributed by atoms with Crippen LogP contribution in [0, 0.1) is 5.92 Å². The van der Waals surface area contributed by atoms with E-state index in [0.29, 0.717) is 6.61 Å². The molecule has 5 heteroatoms. The minimum Gasteiger partial charge on any atom is -0.494 e. The third-order valence-corrected chi connectivity index (χ3v) is 5.25. The molecule has 1 aliphatic heterocycles. The first-order valence-electron chi connectivity index (χ1n) is 10.4. The molecule has 5 nitrogen and oxygen atoms in total. The fraction of sp³-hybridized carbons (Fsp3) is 0.652. The number of benzene rings is 1. The Morgan fingerprint density at radius 2 is 1.46 bits per heavy atom. The second-order valence-electron chi connectivity index (χ2n) is 8.54. The minimum atomic E-state index is -1.21. The van der Waals surface area contributed by atoms with Crippen molar-refractivity contribution in [2.24, 2.45) is 5.92 Å².